The van der Waals surface area contributed by atoms with Gasteiger partial charge in [0.2, 0.25) is 5.71 Å². The summed E-state index contributed by atoms with van der Waals surface area (Å²) in [6.07, 6.45) is 1.70. The Morgan fingerprint density at radius 3 is 2.63 bits per heavy atom. The number of aryl methyl sites for hydroxylation is 2. The Morgan fingerprint density at radius 1 is 1.32 bits per heavy atom. The van der Waals surface area contributed by atoms with Crippen LogP contribution < -0.4 is 5.49 Å². The number of aromatic nitrogens is 2. The number of nitrogens with zero attached hydrogens (tertiary/aromatic N) is 3. The summed E-state index contributed by atoms with van der Waals surface area (Å²) >= 11 is 0. The summed E-state index contributed by atoms with van der Waals surface area (Å²) < 4.78 is 7.44. The lowest BCUT2D eigenvalue weighted by molar-refractivity contribution is 0.288. The molecule has 0 saturated heterocycles. The molecule has 2 heterocycles. The van der Waals surface area contributed by atoms with Crippen LogP contribution in [0, 0.1) is 19.3 Å². The van der Waals surface area contributed by atoms with E-state index in [1.165, 1.54) is 0 Å². The zero-order valence-corrected chi connectivity index (χ0v) is 12.2. The molecule has 0 aromatic carbocycles. The zero-order chi connectivity index (χ0) is 14.0. The number of fused-ring (bicyclic) bond motifs is 1. The van der Waals surface area contributed by atoms with E-state index in [4.69, 9.17) is 9.83 Å². The molecule has 2 aromatic heterocycles. The van der Waals surface area contributed by atoms with E-state index in [1.54, 1.807) is 6.33 Å². The van der Waals surface area contributed by atoms with Gasteiger partial charge in [0.1, 0.15) is 17.6 Å². The lowest BCUT2D eigenvalue weighted by Gasteiger charge is -2.18. The van der Waals surface area contributed by atoms with E-state index < -0.39 is 0 Å². The maximum Gasteiger partial charge on any atom is 0.231 e. The Labute approximate surface area is 113 Å². The fourth-order valence-electron chi connectivity index (χ4n) is 2.26. The fraction of sp³-hybridized carbons (Fsp3) is 0.571. The van der Waals surface area contributed by atoms with Gasteiger partial charge in [-0.15, -0.1) is 0 Å². The first-order valence-corrected chi connectivity index (χ1v) is 6.80. The van der Waals surface area contributed by atoms with Crippen molar-refractivity contribution in [3.63, 3.8) is 0 Å². The Kier molecular flexibility index (Phi) is 4.04. The van der Waals surface area contributed by atoms with Gasteiger partial charge >= 0.3 is 0 Å². The van der Waals surface area contributed by atoms with Gasteiger partial charge in [0.25, 0.3) is 0 Å². The van der Waals surface area contributed by atoms with E-state index in [2.05, 4.69) is 23.7 Å². The summed E-state index contributed by atoms with van der Waals surface area (Å²) in [7, 11) is 0. The number of hydrogen-bond donors (Lipinski definition) is 1. The lowest BCUT2D eigenvalue weighted by Crippen LogP contribution is -2.31. The number of furan rings is 1. The average Bonchev–Trinajstić information content (AvgIpc) is 2.69. The van der Waals surface area contributed by atoms with Gasteiger partial charge in [-0.1, -0.05) is 13.8 Å². The SMILES string of the molecule is CCN(CC)CCn1cnc2oc(C)c(C)c2c1=N. The van der Waals surface area contributed by atoms with Crippen molar-refractivity contribution in [1.29, 1.82) is 5.41 Å². The molecule has 0 bridgehead atoms. The molecule has 0 aliphatic rings. The van der Waals surface area contributed by atoms with E-state index in [1.807, 2.05) is 18.4 Å². The molecule has 2 aromatic rings. The first-order valence-electron chi connectivity index (χ1n) is 6.80. The van der Waals surface area contributed by atoms with Gasteiger partial charge < -0.3 is 13.9 Å². The Morgan fingerprint density at radius 2 is 2.00 bits per heavy atom. The summed E-state index contributed by atoms with van der Waals surface area (Å²) in [5.41, 5.74) is 2.08. The molecule has 0 radical (unpaired) electrons. The zero-order valence-electron chi connectivity index (χ0n) is 12.2. The normalized spacial score (nSPS) is 11.6. The van der Waals surface area contributed by atoms with Gasteiger partial charge in [-0.05, 0) is 26.9 Å². The third kappa shape index (κ3) is 2.56. The van der Waals surface area contributed by atoms with E-state index >= 15 is 0 Å². The maximum absolute atomic E-state index is 8.30. The van der Waals surface area contributed by atoms with Crippen molar-refractivity contribution < 1.29 is 4.42 Å². The fourth-order valence-corrected chi connectivity index (χ4v) is 2.26. The van der Waals surface area contributed by atoms with Gasteiger partial charge in [0, 0.05) is 18.7 Å². The van der Waals surface area contributed by atoms with Crippen molar-refractivity contribution in [2.45, 2.75) is 34.2 Å². The van der Waals surface area contributed by atoms with Gasteiger partial charge in [-0.3, -0.25) is 5.41 Å². The predicted octanol–water partition coefficient (Wildman–Crippen LogP) is 2.07. The first kappa shape index (κ1) is 13.8. The van der Waals surface area contributed by atoms with Gasteiger partial charge in [-0.2, -0.15) is 0 Å². The molecule has 0 unspecified atom stereocenters. The predicted molar refractivity (Wildman–Crippen MR) is 75.1 cm³/mol. The molecule has 2 rings (SSSR count). The second-order valence-electron chi connectivity index (χ2n) is 4.78. The van der Waals surface area contributed by atoms with Crippen LogP contribution in [-0.4, -0.2) is 34.1 Å². The largest absolute Gasteiger partial charge is 0.443 e. The molecule has 0 fully saturated rings. The van der Waals surface area contributed by atoms with Crippen LogP contribution in [-0.2, 0) is 6.54 Å². The Bertz CT molecular complexity index is 622. The average molecular weight is 262 g/mol. The second kappa shape index (κ2) is 5.57. The van der Waals surface area contributed by atoms with E-state index in [0.29, 0.717) is 11.2 Å². The molecule has 0 saturated carbocycles. The number of hydrogen-bond acceptors (Lipinski definition) is 4. The highest BCUT2D eigenvalue weighted by atomic mass is 16.3. The van der Waals surface area contributed by atoms with Crippen molar-refractivity contribution in [1.82, 2.24) is 14.5 Å². The van der Waals surface area contributed by atoms with Gasteiger partial charge in [0.05, 0.1) is 5.39 Å². The molecule has 19 heavy (non-hydrogen) atoms. The van der Waals surface area contributed by atoms with Crippen molar-refractivity contribution >= 4 is 11.1 Å². The Hall–Kier alpha value is -1.62. The van der Waals surface area contributed by atoms with Crippen molar-refractivity contribution in [3.8, 4) is 0 Å². The van der Waals surface area contributed by atoms with E-state index in [9.17, 15) is 0 Å². The van der Waals surface area contributed by atoms with Crippen LogP contribution in [0.1, 0.15) is 25.2 Å². The van der Waals surface area contributed by atoms with Crippen molar-refractivity contribution in [2.75, 3.05) is 19.6 Å². The second-order valence-corrected chi connectivity index (χ2v) is 4.78. The standard InChI is InChI=1S/C14H22N4O/c1-5-17(6-2)7-8-18-9-16-14-12(13(18)15)10(3)11(4)19-14/h9,15H,5-8H2,1-4H3. The highest BCUT2D eigenvalue weighted by molar-refractivity contribution is 5.76. The number of rotatable bonds is 5. The molecular formula is C14H22N4O. The summed E-state index contributed by atoms with van der Waals surface area (Å²) in [5, 5.41) is 9.13. The molecule has 104 valence electrons. The Balaban J connectivity index is 2.32. The van der Waals surface area contributed by atoms with Crippen LogP contribution in [0.2, 0.25) is 0 Å². The van der Waals surface area contributed by atoms with E-state index in [-0.39, 0.29) is 0 Å². The van der Waals surface area contributed by atoms with Gasteiger partial charge in [-0.25, -0.2) is 4.98 Å². The number of nitrogens with one attached hydrogen (secondary N) is 1. The topological polar surface area (TPSA) is 58.1 Å². The summed E-state index contributed by atoms with van der Waals surface area (Å²) in [5.74, 6) is 0.845. The molecule has 1 N–H and O–H groups in total. The van der Waals surface area contributed by atoms with E-state index in [0.717, 1.165) is 42.9 Å². The molecule has 0 spiro atoms. The van der Waals surface area contributed by atoms with Gasteiger partial charge in [0.15, 0.2) is 0 Å². The van der Waals surface area contributed by atoms with Crippen LogP contribution in [0.15, 0.2) is 10.7 Å². The van der Waals surface area contributed by atoms with Crippen molar-refractivity contribution in [2.24, 2.45) is 0 Å². The monoisotopic (exact) mass is 262 g/mol. The molecular weight excluding hydrogens is 240 g/mol. The number of likely N-dealkylation sites (N-methyl/N-ethyl adjacent to an activating group) is 1. The summed E-state index contributed by atoms with van der Waals surface area (Å²) in [4.78, 5) is 6.65. The maximum atomic E-state index is 8.30. The third-order valence-corrected chi connectivity index (χ3v) is 3.76. The lowest BCUT2D eigenvalue weighted by atomic mass is 10.2. The minimum Gasteiger partial charge on any atom is -0.443 e. The van der Waals surface area contributed by atoms with Crippen LogP contribution >= 0.6 is 0 Å². The first-order chi connectivity index (χ1) is 9.08. The third-order valence-electron chi connectivity index (χ3n) is 3.76. The summed E-state index contributed by atoms with van der Waals surface area (Å²) in [6.45, 7) is 12.0. The summed E-state index contributed by atoms with van der Waals surface area (Å²) in [6, 6.07) is 0. The molecule has 5 nitrogen and oxygen atoms in total. The highest BCUT2D eigenvalue weighted by Crippen LogP contribution is 2.18. The van der Waals surface area contributed by atoms with Crippen LogP contribution in [0.5, 0.6) is 0 Å². The van der Waals surface area contributed by atoms with Crippen LogP contribution in [0.25, 0.3) is 11.1 Å². The molecule has 0 aliphatic carbocycles. The minimum absolute atomic E-state index is 0.492. The van der Waals surface area contributed by atoms with Crippen molar-refractivity contribution in [3.05, 3.63) is 23.1 Å². The minimum atomic E-state index is 0.492. The van der Waals surface area contributed by atoms with Crippen LogP contribution in [0.3, 0.4) is 0 Å². The quantitative estimate of drug-likeness (QED) is 0.897. The smallest absolute Gasteiger partial charge is 0.231 e. The molecule has 0 atom stereocenters. The molecule has 0 aliphatic heterocycles. The molecule has 5 heteroatoms. The van der Waals surface area contributed by atoms with Crippen LogP contribution in [0.4, 0.5) is 0 Å². The molecule has 0 amide bonds. The highest BCUT2D eigenvalue weighted by Gasteiger charge is 2.11.